The zero-order valence-corrected chi connectivity index (χ0v) is 13.8. The summed E-state index contributed by atoms with van der Waals surface area (Å²) in [5.41, 5.74) is 1.33. The van der Waals surface area contributed by atoms with Crippen LogP contribution in [0.1, 0.15) is 19.8 Å². The maximum Gasteiger partial charge on any atom is 0.238 e. The third-order valence-corrected chi connectivity index (χ3v) is 4.06. The highest BCUT2D eigenvalue weighted by atomic mass is 35.5. The third kappa shape index (κ3) is 4.14. The molecule has 0 radical (unpaired) electrons. The summed E-state index contributed by atoms with van der Waals surface area (Å²) < 4.78 is 0. The smallest absolute Gasteiger partial charge is 0.238 e. The molecule has 7 heteroatoms. The highest BCUT2D eigenvalue weighted by molar-refractivity contribution is 6.34. The molecule has 1 saturated heterocycles. The van der Waals surface area contributed by atoms with Gasteiger partial charge in [-0.1, -0.05) is 24.6 Å². The Morgan fingerprint density at radius 2 is 2.00 bits per heavy atom. The van der Waals surface area contributed by atoms with Crippen molar-refractivity contribution in [1.29, 1.82) is 5.26 Å². The molecule has 2 amide bonds. The number of amides is 2. The SMILES string of the molecule is CCC(=O)N1CCN(c2c(Cl)cccc2NC(=O)CC#N)CC1. The zero-order chi connectivity index (χ0) is 16.8. The molecule has 1 fully saturated rings. The number of hydrogen-bond donors (Lipinski definition) is 1. The fourth-order valence-corrected chi connectivity index (χ4v) is 2.90. The molecule has 23 heavy (non-hydrogen) atoms. The first-order valence-electron chi connectivity index (χ1n) is 7.54. The van der Waals surface area contributed by atoms with Gasteiger partial charge in [0.25, 0.3) is 0 Å². The Kier molecular flexibility index (Phi) is 5.83. The average Bonchev–Trinajstić information content (AvgIpc) is 2.55. The molecule has 2 rings (SSSR count). The molecule has 0 atom stereocenters. The van der Waals surface area contributed by atoms with Crippen LogP contribution in [0.4, 0.5) is 11.4 Å². The van der Waals surface area contributed by atoms with Crippen molar-refractivity contribution in [3.8, 4) is 6.07 Å². The summed E-state index contributed by atoms with van der Waals surface area (Å²) in [5.74, 6) is -0.220. The Bertz CT molecular complexity index is 633. The number of nitrogens with one attached hydrogen (secondary N) is 1. The van der Waals surface area contributed by atoms with Gasteiger partial charge in [0.05, 0.1) is 22.5 Å². The normalized spacial score (nSPS) is 14.3. The van der Waals surface area contributed by atoms with Crippen molar-refractivity contribution in [1.82, 2.24) is 4.90 Å². The van der Waals surface area contributed by atoms with E-state index < -0.39 is 0 Å². The van der Waals surface area contributed by atoms with Crippen LogP contribution in [0.25, 0.3) is 0 Å². The molecular weight excluding hydrogens is 316 g/mol. The molecule has 0 spiro atoms. The van der Waals surface area contributed by atoms with Crippen molar-refractivity contribution in [2.24, 2.45) is 0 Å². The number of halogens is 1. The Morgan fingerprint density at radius 1 is 1.30 bits per heavy atom. The number of carbonyl (C=O) groups is 2. The molecule has 1 aromatic carbocycles. The first kappa shape index (κ1) is 17.1. The van der Waals surface area contributed by atoms with Crippen LogP contribution in [0.5, 0.6) is 0 Å². The molecule has 122 valence electrons. The number of piperazine rings is 1. The standard InChI is InChI=1S/C16H19ClN4O2/c1-2-15(23)20-8-10-21(11-9-20)16-12(17)4-3-5-13(16)19-14(22)6-7-18/h3-5H,2,6,8-11H2,1H3,(H,19,22). The number of benzene rings is 1. The maximum absolute atomic E-state index is 11.8. The van der Waals surface area contributed by atoms with E-state index in [-0.39, 0.29) is 18.2 Å². The van der Waals surface area contributed by atoms with Gasteiger partial charge < -0.3 is 15.1 Å². The second-order valence-electron chi connectivity index (χ2n) is 5.24. The van der Waals surface area contributed by atoms with E-state index in [1.165, 1.54) is 0 Å². The molecule has 1 aliphatic rings. The average molecular weight is 335 g/mol. The summed E-state index contributed by atoms with van der Waals surface area (Å²) in [7, 11) is 0. The zero-order valence-electron chi connectivity index (χ0n) is 13.0. The number of carbonyl (C=O) groups excluding carboxylic acids is 2. The number of hydrogen-bond acceptors (Lipinski definition) is 4. The molecule has 6 nitrogen and oxygen atoms in total. The van der Waals surface area contributed by atoms with E-state index in [0.717, 1.165) is 5.69 Å². The minimum Gasteiger partial charge on any atom is -0.365 e. The van der Waals surface area contributed by atoms with Gasteiger partial charge in [-0.3, -0.25) is 9.59 Å². The molecule has 1 heterocycles. The van der Waals surface area contributed by atoms with Crippen molar-refractivity contribution < 1.29 is 9.59 Å². The van der Waals surface area contributed by atoms with Crippen LogP contribution < -0.4 is 10.2 Å². The monoisotopic (exact) mass is 334 g/mol. The van der Waals surface area contributed by atoms with Crippen molar-refractivity contribution in [2.45, 2.75) is 19.8 Å². The van der Waals surface area contributed by atoms with Gasteiger partial charge in [-0.05, 0) is 12.1 Å². The Hall–Kier alpha value is -2.26. The van der Waals surface area contributed by atoms with E-state index in [0.29, 0.717) is 43.3 Å². The van der Waals surface area contributed by atoms with E-state index in [2.05, 4.69) is 10.2 Å². The Balaban J connectivity index is 2.15. The van der Waals surface area contributed by atoms with Crippen LogP contribution >= 0.6 is 11.6 Å². The van der Waals surface area contributed by atoms with Crippen LogP contribution in [0.2, 0.25) is 5.02 Å². The fourth-order valence-electron chi connectivity index (χ4n) is 2.61. The van der Waals surface area contributed by atoms with Crippen LogP contribution in [-0.2, 0) is 9.59 Å². The minimum absolute atomic E-state index is 0.145. The molecule has 0 unspecified atom stereocenters. The lowest BCUT2D eigenvalue weighted by Crippen LogP contribution is -2.48. The lowest BCUT2D eigenvalue weighted by molar-refractivity contribution is -0.131. The van der Waals surface area contributed by atoms with Gasteiger partial charge in [-0.25, -0.2) is 0 Å². The molecule has 0 aromatic heterocycles. The van der Waals surface area contributed by atoms with Gasteiger partial charge in [0.1, 0.15) is 6.42 Å². The van der Waals surface area contributed by atoms with Gasteiger partial charge in [0.15, 0.2) is 0 Å². The predicted molar refractivity (Wildman–Crippen MR) is 89.4 cm³/mol. The van der Waals surface area contributed by atoms with Gasteiger partial charge in [-0.15, -0.1) is 0 Å². The van der Waals surface area contributed by atoms with Crippen molar-refractivity contribution in [3.63, 3.8) is 0 Å². The first-order chi connectivity index (χ1) is 11.1. The topological polar surface area (TPSA) is 76.4 Å². The van der Waals surface area contributed by atoms with Crippen LogP contribution in [0, 0.1) is 11.3 Å². The molecule has 0 aliphatic carbocycles. The predicted octanol–water partition coefficient (Wildman–Crippen LogP) is 2.25. The summed E-state index contributed by atoms with van der Waals surface area (Å²) in [4.78, 5) is 27.3. The number of para-hydroxylation sites is 1. The van der Waals surface area contributed by atoms with Crippen LogP contribution in [-0.4, -0.2) is 42.9 Å². The highest BCUT2D eigenvalue weighted by Crippen LogP contribution is 2.34. The van der Waals surface area contributed by atoms with E-state index >= 15 is 0 Å². The quantitative estimate of drug-likeness (QED) is 0.916. The number of nitriles is 1. The van der Waals surface area contributed by atoms with Gasteiger partial charge in [-0.2, -0.15) is 5.26 Å². The molecule has 1 N–H and O–H groups in total. The van der Waals surface area contributed by atoms with E-state index in [1.807, 2.05) is 17.9 Å². The Morgan fingerprint density at radius 3 is 2.61 bits per heavy atom. The summed E-state index contributed by atoms with van der Waals surface area (Å²) >= 11 is 6.31. The molecule has 0 saturated carbocycles. The van der Waals surface area contributed by atoms with E-state index in [4.69, 9.17) is 16.9 Å². The van der Waals surface area contributed by atoms with Crippen molar-refractivity contribution in [2.75, 3.05) is 36.4 Å². The summed E-state index contributed by atoms with van der Waals surface area (Å²) in [6.45, 7) is 4.41. The van der Waals surface area contributed by atoms with Gasteiger partial charge >= 0.3 is 0 Å². The summed E-state index contributed by atoms with van der Waals surface area (Å²) in [6.07, 6.45) is 0.298. The highest BCUT2D eigenvalue weighted by Gasteiger charge is 2.23. The number of nitrogens with zero attached hydrogens (tertiary/aromatic N) is 3. The van der Waals surface area contributed by atoms with Gasteiger partial charge in [0.2, 0.25) is 11.8 Å². The van der Waals surface area contributed by atoms with Gasteiger partial charge in [0, 0.05) is 32.6 Å². The second kappa shape index (κ2) is 7.84. The Labute approximate surface area is 140 Å². The number of rotatable bonds is 4. The third-order valence-electron chi connectivity index (χ3n) is 3.75. The van der Waals surface area contributed by atoms with Crippen molar-refractivity contribution in [3.05, 3.63) is 23.2 Å². The molecule has 1 aliphatic heterocycles. The lowest BCUT2D eigenvalue weighted by atomic mass is 10.2. The van der Waals surface area contributed by atoms with E-state index in [1.54, 1.807) is 18.2 Å². The minimum atomic E-state index is -0.365. The summed E-state index contributed by atoms with van der Waals surface area (Å²) in [5, 5.41) is 11.9. The van der Waals surface area contributed by atoms with E-state index in [9.17, 15) is 9.59 Å². The maximum atomic E-state index is 11.8. The molecule has 1 aromatic rings. The largest absolute Gasteiger partial charge is 0.365 e. The first-order valence-corrected chi connectivity index (χ1v) is 7.92. The summed E-state index contributed by atoms with van der Waals surface area (Å²) in [6, 6.07) is 7.11. The lowest BCUT2D eigenvalue weighted by Gasteiger charge is -2.37. The molecular formula is C16H19ClN4O2. The molecule has 0 bridgehead atoms. The fraction of sp³-hybridized carbons (Fsp3) is 0.438. The van der Waals surface area contributed by atoms with Crippen LogP contribution in [0.15, 0.2) is 18.2 Å². The second-order valence-corrected chi connectivity index (χ2v) is 5.65. The van der Waals surface area contributed by atoms with Crippen LogP contribution in [0.3, 0.4) is 0 Å². The number of anilines is 2. The van der Waals surface area contributed by atoms with Crippen molar-refractivity contribution >= 4 is 34.8 Å².